The van der Waals surface area contributed by atoms with E-state index in [1.807, 2.05) is 13.8 Å². The van der Waals surface area contributed by atoms with Crippen LogP contribution in [0, 0.1) is 5.82 Å². The highest BCUT2D eigenvalue weighted by Gasteiger charge is 2.41. The van der Waals surface area contributed by atoms with E-state index >= 15 is 0 Å². The van der Waals surface area contributed by atoms with Gasteiger partial charge in [-0.3, -0.25) is 0 Å². The summed E-state index contributed by atoms with van der Waals surface area (Å²) in [6, 6.07) is 6.36. The van der Waals surface area contributed by atoms with Crippen LogP contribution in [0.15, 0.2) is 28.8 Å². The summed E-state index contributed by atoms with van der Waals surface area (Å²) in [5.74, 6) is 0.832. The summed E-state index contributed by atoms with van der Waals surface area (Å²) >= 11 is 0. The van der Waals surface area contributed by atoms with Crippen molar-refractivity contribution in [1.29, 1.82) is 0 Å². The molecule has 0 aliphatic heterocycles. The van der Waals surface area contributed by atoms with Crippen molar-refractivity contribution in [3.05, 3.63) is 47.4 Å². The largest absolute Gasteiger partial charge is 0.337 e. The predicted octanol–water partition coefficient (Wildman–Crippen LogP) is 2.87. The van der Waals surface area contributed by atoms with Gasteiger partial charge < -0.3 is 10.3 Å². The molecule has 1 heterocycles. The van der Waals surface area contributed by atoms with Gasteiger partial charge in [0, 0.05) is 0 Å². The standard InChI is InChI=1S/C15H18FN3O/c1-14(2,10-4-6-11(16)7-5-10)12-18-13(20-19-12)15(17)8-3-9-15/h4-7H,3,8-9,17H2,1-2H3. The molecule has 0 saturated heterocycles. The molecular weight excluding hydrogens is 257 g/mol. The molecule has 4 nitrogen and oxygen atoms in total. The summed E-state index contributed by atoms with van der Waals surface area (Å²) in [6.45, 7) is 3.97. The second kappa shape index (κ2) is 4.38. The third kappa shape index (κ3) is 2.02. The Kier molecular flexibility index (Phi) is 2.90. The van der Waals surface area contributed by atoms with Crippen LogP contribution in [0.25, 0.3) is 0 Å². The van der Waals surface area contributed by atoms with Gasteiger partial charge in [-0.1, -0.05) is 17.3 Å². The van der Waals surface area contributed by atoms with Gasteiger partial charge in [0.1, 0.15) is 5.82 Å². The molecule has 0 amide bonds. The number of aromatic nitrogens is 2. The fraction of sp³-hybridized carbons (Fsp3) is 0.467. The molecule has 0 radical (unpaired) electrons. The molecule has 1 saturated carbocycles. The van der Waals surface area contributed by atoms with Gasteiger partial charge in [-0.25, -0.2) is 4.39 Å². The maximum Gasteiger partial charge on any atom is 0.246 e. The predicted molar refractivity (Wildman–Crippen MR) is 72.5 cm³/mol. The van der Waals surface area contributed by atoms with Gasteiger partial charge in [-0.15, -0.1) is 0 Å². The lowest BCUT2D eigenvalue weighted by Gasteiger charge is -2.33. The lowest BCUT2D eigenvalue weighted by molar-refractivity contribution is 0.181. The molecule has 1 aliphatic carbocycles. The maximum atomic E-state index is 13.0. The fourth-order valence-electron chi connectivity index (χ4n) is 2.45. The molecule has 106 valence electrons. The van der Waals surface area contributed by atoms with E-state index in [4.69, 9.17) is 10.3 Å². The van der Waals surface area contributed by atoms with Crippen LogP contribution in [0.4, 0.5) is 4.39 Å². The zero-order valence-corrected chi connectivity index (χ0v) is 11.7. The van der Waals surface area contributed by atoms with Gasteiger partial charge >= 0.3 is 0 Å². The van der Waals surface area contributed by atoms with Crippen molar-refractivity contribution in [3.8, 4) is 0 Å². The highest BCUT2D eigenvalue weighted by atomic mass is 19.1. The number of rotatable bonds is 3. The zero-order valence-electron chi connectivity index (χ0n) is 11.7. The van der Waals surface area contributed by atoms with Crippen LogP contribution >= 0.6 is 0 Å². The van der Waals surface area contributed by atoms with Gasteiger partial charge in [-0.2, -0.15) is 4.98 Å². The summed E-state index contributed by atoms with van der Waals surface area (Å²) in [5, 5.41) is 4.07. The van der Waals surface area contributed by atoms with Gasteiger partial charge in [-0.05, 0) is 50.8 Å². The lowest BCUT2D eigenvalue weighted by Crippen LogP contribution is -2.43. The van der Waals surface area contributed by atoms with Crippen LogP contribution in [0.3, 0.4) is 0 Å². The van der Waals surface area contributed by atoms with Crippen molar-refractivity contribution < 1.29 is 8.91 Å². The molecule has 0 unspecified atom stereocenters. The summed E-state index contributed by atoms with van der Waals surface area (Å²) in [6.07, 6.45) is 2.85. The van der Waals surface area contributed by atoms with Crippen molar-refractivity contribution >= 4 is 0 Å². The quantitative estimate of drug-likeness (QED) is 0.935. The first-order valence-electron chi connectivity index (χ1n) is 6.81. The van der Waals surface area contributed by atoms with Crippen molar-refractivity contribution in [2.45, 2.75) is 44.1 Å². The third-order valence-electron chi connectivity index (χ3n) is 4.22. The summed E-state index contributed by atoms with van der Waals surface area (Å²) < 4.78 is 18.4. The lowest BCUT2D eigenvalue weighted by atomic mass is 9.77. The molecule has 20 heavy (non-hydrogen) atoms. The summed E-state index contributed by atoms with van der Waals surface area (Å²) in [5.41, 5.74) is 6.23. The van der Waals surface area contributed by atoms with Crippen molar-refractivity contribution in [3.63, 3.8) is 0 Å². The Bertz CT molecular complexity index is 614. The van der Waals surface area contributed by atoms with Crippen molar-refractivity contribution in [2.24, 2.45) is 5.73 Å². The second-order valence-corrected chi connectivity index (χ2v) is 6.06. The van der Waals surface area contributed by atoms with Gasteiger partial charge in [0.25, 0.3) is 0 Å². The molecule has 1 fully saturated rings. The minimum absolute atomic E-state index is 0.256. The molecule has 3 rings (SSSR count). The Morgan fingerprint density at radius 3 is 2.45 bits per heavy atom. The summed E-state index contributed by atoms with van der Waals surface area (Å²) in [7, 11) is 0. The second-order valence-electron chi connectivity index (χ2n) is 6.06. The van der Waals surface area contributed by atoms with E-state index in [2.05, 4.69) is 10.1 Å². The number of hydrogen-bond donors (Lipinski definition) is 1. The van der Waals surface area contributed by atoms with E-state index in [9.17, 15) is 4.39 Å². The number of nitrogens with two attached hydrogens (primary N) is 1. The molecule has 5 heteroatoms. The smallest absolute Gasteiger partial charge is 0.246 e. The van der Waals surface area contributed by atoms with Gasteiger partial charge in [0.05, 0.1) is 11.0 Å². The molecule has 1 aliphatic rings. The Morgan fingerprint density at radius 1 is 1.25 bits per heavy atom. The van der Waals surface area contributed by atoms with Crippen LogP contribution in [-0.4, -0.2) is 10.1 Å². The third-order valence-corrected chi connectivity index (χ3v) is 4.22. The van der Waals surface area contributed by atoms with Crippen LogP contribution in [0.1, 0.15) is 50.4 Å². The van der Waals surface area contributed by atoms with E-state index in [-0.39, 0.29) is 5.82 Å². The molecular formula is C15H18FN3O. The summed E-state index contributed by atoms with van der Waals surface area (Å²) in [4.78, 5) is 4.48. The molecule has 0 bridgehead atoms. The first-order chi connectivity index (χ1) is 9.42. The highest BCUT2D eigenvalue weighted by molar-refractivity contribution is 5.31. The molecule has 2 aromatic rings. The maximum absolute atomic E-state index is 13.0. The normalized spacial score (nSPS) is 17.8. The van der Waals surface area contributed by atoms with Crippen LogP contribution in [0.2, 0.25) is 0 Å². The van der Waals surface area contributed by atoms with Crippen LogP contribution < -0.4 is 5.73 Å². The topological polar surface area (TPSA) is 64.9 Å². The van der Waals surface area contributed by atoms with Crippen molar-refractivity contribution in [2.75, 3.05) is 0 Å². The molecule has 1 aromatic heterocycles. The van der Waals surface area contributed by atoms with E-state index < -0.39 is 11.0 Å². The average molecular weight is 275 g/mol. The Morgan fingerprint density at radius 2 is 1.90 bits per heavy atom. The minimum atomic E-state index is -0.454. The Balaban J connectivity index is 1.93. The number of hydrogen-bond acceptors (Lipinski definition) is 4. The zero-order chi connectivity index (χ0) is 14.4. The highest BCUT2D eigenvalue weighted by Crippen LogP contribution is 2.39. The number of halogens is 1. The molecule has 2 N–H and O–H groups in total. The monoisotopic (exact) mass is 275 g/mol. The molecule has 0 atom stereocenters. The van der Waals surface area contributed by atoms with Crippen LogP contribution in [0.5, 0.6) is 0 Å². The average Bonchev–Trinajstić information content (AvgIpc) is 2.87. The SMILES string of the molecule is CC(C)(c1ccc(F)cc1)c1noc(C2(N)CCC2)n1. The molecule has 1 aromatic carbocycles. The first kappa shape index (κ1) is 13.2. The Labute approximate surface area is 117 Å². The number of nitrogens with zero attached hydrogens (tertiary/aromatic N) is 2. The molecule has 0 spiro atoms. The van der Waals surface area contributed by atoms with Gasteiger partial charge in [0.15, 0.2) is 5.82 Å². The van der Waals surface area contributed by atoms with Gasteiger partial charge in [0.2, 0.25) is 5.89 Å². The van der Waals surface area contributed by atoms with E-state index in [0.29, 0.717) is 11.7 Å². The van der Waals surface area contributed by atoms with Crippen LogP contribution in [-0.2, 0) is 11.0 Å². The van der Waals surface area contributed by atoms with E-state index in [0.717, 1.165) is 24.8 Å². The fourth-order valence-corrected chi connectivity index (χ4v) is 2.45. The van der Waals surface area contributed by atoms with E-state index in [1.165, 1.54) is 12.1 Å². The minimum Gasteiger partial charge on any atom is -0.337 e. The Hall–Kier alpha value is -1.75. The number of benzene rings is 1. The van der Waals surface area contributed by atoms with E-state index in [1.54, 1.807) is 12.1 Å². The van der Waals surface area contributed by atoms with Crippen molar-refractivity contribution in [1.82, 2.24) is 10.1 Å². The first-order valence-corrected chi connectivity index (χ1v) is 6.81.